The number of benzene rings is 2. The van der Waals surface area contributed by atoms with Gasteiger partial charge in [0.1, 0.15) is 17.8 Å². The fourth-order valence-electron chi connectivity index (χ4n) is 3.55. The van der Waals surface area contributed by atoms with Crippen LogP contribution in [-0.4, -0.2) is 30.6 Å². The maximum Gasteiger partial charge on any atom is 0.251 e. The molecule has 1 amide bonds. The van der Waals surface area contributed by atoms with E-state index in [9.17, 15) is 9.18 Å². The summed E-state index contributed by atoms with van der Waals surface area (Å²) in [4.78, 5) is 20.9. The number of rotatable bonds is 9. The Labute approximate surface area is 201 Å². The summed E-state index contributed by atoms with van der Waals surface area (Å²) in [7, 11) is 0. The van der Waals surface area contributed by atoms with Crippen LogP contribution in [0.2, 0.25) is 0 Å². The van der Waals surface area contributed by atoms with Gasteiger partial charge < -0.3 is 15.2 Å². The zero-order valence-corrected chi connectivity index (χ0v) is 19.1. The first-order chi connectivity index (χ1) is 17.1. The van der Waals surface area contributed by atoms with E-state index in [1.807, 2.05) is 16.7 Å². The van der Waals surface area contributed by atoms with Gasteiger partial charge in [-0.25, -0.2) is 14.4 Å². The van der Waals surface area contributed by atoms with Crippen LogP contribution >= 0.6 is 0 Å². The summed E-state index contributed by atoms with van der Waals surface area (Å²) in [6.07, 6.45) is 4.04. The molecule has 4 aromatic rings. The molecule has 0 unspecified atom stereocenters. The maximum atomic E-state index is 14.0. The van der Waals surface area contributed by atoms with Gasteiger partial charge in [-0.15, -0.1) is 10.2 Å². The van der Waals surface area contributed by atoms with Gasteiger partial charge in [-0.1, -0.05) is 13.0 Å². The molecule has 0 saturated carbocycles. The lowest BCUT2D eigenvalue weighted by Crippen LogP contribution is -2.23. The molecule has 4 rings (SSSR count). The minimum Gasteiger partial charge on any atom is -0.378 e. The number of carbonyl (C=O) groups is 1. The Morgan fingerprint density at radius 1 is 1.14 bits per heavy atom. The highest BCUT2D eigenvalue weighted by Gasteiger charge is 2.15. The Morgan fingerprint density at radius 2 is 2.03 bits per heavy atom. The van der Waals surface area contributed by atoms with Crippen molar-refractivity contribution in [1.29, 1.82) is 5.26 Å². The van der Waals surface area contributed by atoms with Crippen LogP contribution in [0.15, 0.2) is 61.1 Å². The van der Waals surface area contributed by atoms with Crippen LogP contribution in [0.3, 0.4) is 0 Å². The molecule has 0 spiro atoms. The molecule has 0 bridgehead atoms. The second-order valence-corrected chi connectivity index (χ2v) is 7.72. The van der Waals surface area contributed by atoms with Crippen molar-refractivity contribution in [1.82, 2.24) is 30.0 Å². The number of aromatic nitrogens is 5. The van der Waals surface area contributed by atoms with E-state index in [4.69, 9.17) is 5.26 Å². The molecule has 0 aliphatic rings. The minimum atomic E-state index is -0.475. The van der Waals surface area contributed by atoms with Gasteiger partial charge in [-0.2, -0.15) is 5.26 Å². The highest BCUT2D eigenvalue weighted by molar-refractivity contribution is 5.95. The first-order valence-corrected chi connectivity index (χ1v) is 11.1. The molecular formula is C25H23FN8O. The third-order valence-electron chi connectivity index (χ3n) is 5.28. The van der Waals surface area contributed by atoms with Crippen molar-refractivity contribution in [3.8, 4) is 17.6 Å². The molecule has 0 fully saturated rings. The van der Waals surface area contributed by atoms with Crippen molar-refractivity contribution < 1.29 is 9.18 Å². The third kappa shape index (κ3) is 5.65. The monoisotopic (exact) mass is 470 g/mol. The summed E-state index contributed by atoms with van der Waals surface area (Å²) in [5.74, 6) is 0.586. The second-order valence-electron chi connectivity index (χ2n) is 7.72. The number of carbonyl (C=O) groups excluding carboxylic acids is 1. The zero-order valence-electron chi connectivity index (χ0n) is 19.1. The number of nitrogens with zero attached hydrogens (tertiary/aromatic N) is 6. The molecule has 0 aliphatic carbocycles. The summed E-state index contributed by atoms with van der Waals surface area (Å²) in [5.41, 5.74) is 2.43. The van der Waals surface area contributed by atoms with Gasteiger partial charge in [0.25, 0.3) is 5.91 Å². The molecule has 9 nitrogen and oxygen atoms in total. The lowest BCUT2D eigenvalue weighted by Gasteiger charge is -2.11. The van der Waals surface area contributed by atoms with Crippen molar-refractivity contribution in [2.45, 2.75) is 33.0 Å². The van der Waals surface area contributed by atoms with Crippen LogP contribution in [0.25, 0.3) is 11.5 Å². The van der Waals surface area contributed by atoms with E-state index in [1.54, 1.807) is 30.5 Å². The maximum absolute atomic E-state index is 14.0. The van der Waals surface area contributed by atoms with Crippen molar-refractivity contribution in [3.63, 3.8) is 0 Å². The molecule has 35 heavy (non-hydrogen) atoms. The number of nitrogens with one attached hydrogen (secondary N) is 2. The van der Waals surface area contributed by atoms with Crippen molar-refractivity contribution in [2.24, 2.45) is 0 Å². The lowest BCUT2D eigenvalue weighted by molar-refractivity contribution is 0.0950. The van der Waals surface area contributed by atoms with Crippen molar-refractivity contribution >= 4 is 11.6 Å². The van der Waals surface area contributed by atoms with Crippen LogP contribution in [0, 0.1) is 17.1 Å². The molecule has 0 saturated heterocycles. The van der Waals surface area contributed by atoms with Crippen LogP contribution in [-0.2, 0) is 19.6 Å². The molecule has 2 aromatic heterocycles. The highest BCUT2D eigenvalue weighted by Crippen LogP contribution is 2.18. The van der Waals surface area contributed by atoms with Gasteiger partial charge in [-0.3, -0.25) is 4.79 Å². The van der Waals surface area contributed by atoms with Gasteiger partial charge in [0.2, 0.25) is 0 Å². The number of anilines is 1. The van der Waals surface area contributed by atoms with E-state index in [2.05, 4.69) is 37.7 Å². The number of hydrogen-bond acceptors (Lipinski definition) is 7. The summed E-state index contributed by atoms with van der Waals surface area (Å²) in [6, 6.07) is 14.8. The van der Waals surface area contributed by atoms with E-state index in [1.165, 1.54) is 24.5 Å². The van der Waals surface area contributed by atoms with Gasteiger partial charge in [-0.05, 0) is 48.9 Å². The molecule has 2 N–H and O–H groups in total. The number of nitriles is 1. The van der Waals surface area contributed by atoms with Crippen molar-refractivity contribution in [3.05, 3.63) is 89.4 Å². The van der Waals surface area contributed by atoms with E-state index in [0.717, 1.165) is 24.5 Å². The standard InChI is InChI=1S/C25H23FN8O/c1-2-10-34-23(32-33-24(34)22-8-9-28-16-31-22)15-29-20-5-3-4-18(12-20)25(35)30-14-19-11-17(13-27)6-7-21(19)26/h3-9,11-12,16,29H,2,10,14-15H2,1H3,(H,30,35). The zero-order chi connectivity index (χ0) is 24.6. The summed E-state index contributed by atoms with van der Waals surface area (Å²) in [5, 5.41) is 23.6. The molecule has 10 heteroatoms. The SMILES string of the molecule is CCCn1c(CNc2cccc(C(=O)NCc3cc(C#N)ccc3F)c2)nnc1-c1ccncn1. The number of amides is 1. The fourth-order valence-corrected chi connectivity index (χ4v) is 3.55. The molecule has 0 aliphatic heterocycles. The van der Waals surface area contributed by atoms with Crippen LogP contribution < -0.4 is 10.6 Å². The average molecular weight is 471 g/mol. The molecular weight excluding hydrogens is 447 g/mol. The first kappa shape index (κ1) is 23.5. The Morgan fingerprint density at radius 3 is 2.80 bits per heavy atom. The predicted molar refractivity (Wildman–Crippen MR) is 127 cm³/mol. The second kappa shape index (κ2) is 11.0. The molecule has 2 heterocycles. The summed E-state index contributed by atoms with van der Waals surface area (Å²) < 4.78 is 16.0. The summed E-state index contributed by atoms with van der Waals surface area (Å²) in [6.45, 7) is 3.18. The van der Waals surface area contributed by atoms with E-state index in [-0.39, 0.29) is 18.0 Å². The van der Waals surface area contributed by atoms with Crippen LogP contribution in [0.1, 0.15) is 40.7 Å². The Bertz CT molecular complexity index is 1360. The number of halogens is 1. The lowest BCUT2D eigenvalue weighted by atomic mass is 10.1. The van der Waals surface area contributed by atoms with Gasteiger partial charge in [0, 0.05) is 36.1 Å². The van der Waals surface area contributed by atoms with E-state index < -0.39 is 5.82 Å². The molecule has 0 atom stereocenters. The quantitative estimate of drug-likeness (QED) is 0.383. The minimum absolute atomic E-state index is 0.0240. The number of hydrogen-bond donors (Lipinski definition) is 2. The van der Waals surface area contributed by atoms with Gasteiger partial charge in [0.15, 0.2) is 11.6 Å². The summed E-state index contributed by atoms with van der Waals surface area (Å²) >= 11 is 0. The first-order valence-electron chi connectivity index (χ1n) is 11.1. The van der Waals surface area contributed by atoms with Gasteiger partial charge in [0.05, 0.1) is 18.2 Å². The highest BCUT2D eigenvalue weighted by atomic mass is 19.1. The Hall–Kier alpha value is -4.65. The Balaban J connectivity index is 1.43. The predicted octanol–water partition coefficient (Wildman–Crippen LogP) is 3.70. The van der Waals surface area contributed by atoms with E-state index in [0.29, 0.717) is 29.2 Å². The normalized spacial score (nSPS) is 10.5. The fraction of sp³-hybridized carbons (Fsp3) is 0.200. The third-order valence-corrected chi connectivity index (χ3v) is 5.28. The largest absolute Gasteiger partial charge is 0.378 e. The van der Waals surface area contributed by atoms with E-state index >= 15 is 0 Å². The molecule has 176 valence electrons. The van der Waals surface area contributed by atoms with Crippen LogP contribution in [0.4, 0.5) is 10.1 Å². The van der Waals surface area contributed by atoms with Crippen molar-refractivity contribution in [2.75, 3.05) is 5.32 Å². The molecule has 2 aromatic carbocycles. The smallest absolute Gasteiger partial charge is 0.251 e. The molecule has 0 radical (unpaired) electrons. The van der Waals surface area contributed by atoms with Crippen LogP contribution in [0.5, 0.6) is 0 Å². The Kier molecular flexibility index (Phi) is 7.37. The topological polar surface area (TPSA) is 121 Å². The average Bonchev–Trinajstić information content (AvgIpc) is 3.30. The van der Waals surface area contributed by atoms with Gasteiger partial charge >= 0.3 is 0 Å².